The largest absolute Gasteiger partial charge is 0.496 e. The monoisotopic (exact) mass is 1780 g/mol. The zero-order valence-corrected chi connectivity index (χ0v) is 75.6. The van der Waals surface area contributed by atoms with Gasteiger partial charge in [-0.2, -0.15) is 4.80 Å². The summed E-state index contributed by atoms with van der Waals surface area (Å²) in [5, 5.41) is 33.5. The molecular formula is C101H127N11O18. The van der Waals surface area contributed by atoms with Gasteiger partial charge in [-0.1, -0.05) is 133 Å². The Kier molecular flexibility index (Phi) is 42.0. The molecule has 0 saturated carbocycles. The van der Waals surface area contributed by atoms with Crippen molar-refractivity contribution in [2.75, 3.05) is 154 Å². The van der Waals surface area contributed by atoms with Gasteiger partial charge in [-0.05, 0) is 180 Å². The number of carbonyl (C=O) groups excluding carboxylic acids is 1. The highest BCUT2D eigenvalue weighted by Gasteiger charge is 2.31. The zero-order valence-electron chi connectivity index (χ0n) is 75.6. The fourth-order valence-electron chi connectivity index (χ4n) is 15.7. The van der Waals surface area contributed by atoms with E-state index in [4.69, 9.17) is 80.5 Å². The van der Waals surface area contributed by atoms with Gasteiger partial charge < -0.3 is 96.5 Å². The van der Waals surface area contributed by atoms with Crippen LogP contribution in [0, 0.1) is 0 Å². The summed E-state index contributed by atoms with van der Waals surface area (Å²) in [6.45, 7) is 15.3. The average Bonchev–Trinajstić information content (AvgIpc) is 1.24. The predicted molar refractivity (Wildman–Crippen MR) is 493 cm³/mol. The summed E-state index contributed by atoms with van der Waals surface area (Å²) in [5.41, 5.74) is 10.5. The molecule has 0 amide bonds. The number of carbonyl (C=O) groups is 1. The van der Waals surface area contributed by atoms with E-state index in [9.17, 15) is 4.79 Å². The van der Waals surface area contributed by atoms with Crippen LogP contribution in [0.15, 0.2) is 225 Å². The lowest BCUT2D eigenvalue weighted by atomic mass is 9.87. The Hall–Kier alpha value is -11.6. The Balaban J connectivity index is 0.000000176. The van der Waals surface area contributed by atoms with Crippen LogP contribution in [0.2, 0.25) is 0 Å². The number of aromatic nitrogens is 8. The number of nitrogens with one attached hydrogen (secondary N) is 3. The maximum Gasteiger partial charge on any atom is 0.341 e. The molecule has 130 heavy (non-hydrogen) atoms. The number of hydrogen-bond donors (Lipinski definition) is 3. The van der Waals surface area contributed by atoms with Crippen LogP contribution in [-0.4, -0.2) is 219 Å². The van der Waals surface area contributed by atoms with Gasteiger partial charge in [0.05, 0.1) is 139 Å². The smallest absolute Gasteiger partial charge is 0.341 e. The van der Waals surface area contributed by atoms with Gasteiger partial charge in [0, 0.05) is 100 Å². The van der Waals surface area contributed by atoms with Crippen molar-refractivity contribution in [2.24, 2.45) is 0 Å². The van der Waals surface area contributed by atoms with Gasteiger partial charge in [0.1, 0.15) is 76.9 Å². The molecule has 3 N–H and O–H groups in total. The van der Waals surface area contributed by atoms with Gasteiger partial charge in [-0.3, -0.25) is 0 Å². The van der Waals surface area contributed by atoms with E-state index in [2.05, 4.69) is 120 Å². The highest BCUT2D eigenvalue weighted by Crippen LogP contribution is 2.35. The Labute approximate surface area is 763 Å². The van der Waals surface area contributed by atoms with Crippen molar-refractivity contribution in [2.45, 2.75) is 133 Å². The molecule has 3 aliphatic rings. The SMILES string of the molecule is COCCCOc1cc(CO[C@H]2CNCC[C@@H]2c2ccc(OCCCOCc3ccccc3OC)cc2)ccc1C(=O)OC.COc1ccccc1COCCCOc1ccc([C@H]2CCNC[C@@H]2OCCOc2ccccc2CCn2cnnn2)cc1.COc1ccccc1COCCCOc1ccc([C@H]2CCNC[C@@H]2OCCOc2ccccc2CCn2ncnn2)cc1. The van der Waals surface area contributed by atoms with Crippen molar-refractivity contribution in [1.29, 1.82) is 0 Å². The first kappa shape index (κ1) is 97.4. The Morgan fingerprint density at radius 1 is 0.377 bits per heavy atom. The topological polar surface area (TPSA) is 297 Å². The summed E-state index contributed by atoms with van der Waals surface area (Å²) < 4.78 is 100. The average molecular weight is 1780 g/mol. The Bertz CT molecular complexity index is 4760. The molecular weight excluding hydrogens is 1660 g/mol. The summed E-state index contributed by atoms with van der Waals surface area (Å²) in [6, 6.07) is 70.5. The predicted octanol–water partition coefficient (Wildman–Crippen LogP) is 14.4. The van der Waals surface area contributed by atoms with Crippen LogP contribution in [0.3, 0.4) is 0 Å². The van der Waals surface area contributed by atoms with E-state index >= 15 is 0 Å². The van der Waals surface area contributed by atoms with Crippen molar-refractivity contribution < 1.29 is 85.3 Å². The molecule has 0 radical (unpaired) electrons. The second-order valence-electron chi connectivity index (χ2n) is 31.4. The summed E-state index contributed by atoms with van der Waals surface area (Å²) in [5.74, 6) is 7.81. The van der Waals surface area contributed by atoms with Crippen LogP contribution < -0.4 is 58.6 Å². The third-order valence-corrected chi connectivity index (χ3v) is 22.6. The maximum atomic E-state index is 12.2. The van der Waals surface area contributed by atoms with Crippen LogP contribution in [-0.2, 0) is 90.3 Å². The number of methoxy groups -OCH3 is 5. The number of aryl methyl sites for hydroxylation is 4. The highest BCUT2D eigenvalue weighted by molar-refractivity contribution is 5.92. The Morgan fingerprint density at radius 2 is 0.785 bits per heavy atom. The lowest BCUT2D eigenvalue weighted by Crippen LogP contribution is -2.41. The third kappa shape index (κ3) is 32.2. The summed E-state index contributed by atoms with van der Waals surface area (Å²) in [6.07, 6.45) is 10.9. The molecule has 14 rings (SSSR count). The number of esters is 1. The van der Waals surface area contributed by atoms with Gasteiger partial charge in [0.15, 0.2) is 6.33 Å². The number of ether oxygens (including phenoxy) is 17. The van der Waals surface area contributed by atoms with Crippen LogP contribution in [0.4, 0.5) is 0 Å². The standard InChI is InChI=1S/C35H45NO8.2C33H41N5O5/c1-38-18-6-21-43-33-22-26(10-15-31(33)35(37)40-3)24-44-34-23-36-17-16-30(34)27-11-13-29(14-12-27)42-20-7-19-41-25-28-8-4-5-9-32(28)39-2;1-39-31-9-4-3-8-28(31)24-40-19-6-20-41-29-13-11-26(12-14-29)30-15-17-34-23-33(30)43-22-21-42-32-10-5-2-7-27(32)16-18-38-25-35-36-37-38;1-39-31-9-4-3-8-28(31)24-40-19-6-20-41-29-13-11-26(12-14-29)30-15-17-34-23-33(30)43-22-21-42-32-10-5-2-7-27(32)16-18-38-36-25-35-37-38/h4-5,8-15,22,30,34,36H,6-7,16-21,23-25H2,1-3H3;2*2-5,7-14,25,30,33-34H,6,15-24H2,1H3/t30-,34+;2*30-,33+/m111/s1. The summed E-state index contributed by atoms with van der Waals surface area (Å²) >= 11 is 0. The van der Waals surface area contributed by atoms with Gasteiger partial charge >= 0.3 is 5.97 Å². The maximum absolute atomic E-state index is 12.2. The van der Waals surface area contributed by atoms with Crippen LogP contribution in [0.5, 0.6) is 51.7 Å². The van der Waals surface area contributed by atoms with Crippen molar-refractivity contribution in [3.63, 3.8) is 0 Å². The fourth-order valence-corrected chi connectivity index (χ4v) is 15.7. The molecule has 0 aliphatic carbocycles. The summed E-state index contributed by atoms with van der Waals surface area (Å²) in [4.78, 5) is 13.8. The van der Waals surface area contributed by atoms with Gasteiger partial charge in [0.25, 0.3) is 0 Å². The lowest BCUT2D eigenvalue weighted by molar-refractivity contribution is 0.00717. The summed E-state index contributed by atoms with van der Waals surface area (Å²) in [7, 11) is 8.04. The number of piperidine rings is 3. The third-order valence-electron chi connectivity index (χ3n) is 22.6. The first-order chi connectivity index (χ1) is 64.2. The van der Waals surface area contributed by atoms with Crippen LogP contribution in [0.1, 0.15) is 123 Å². The first-order valence-electron chi connectivity index (χ1n) is 45.1. The minimum absolute atomic E-state index is 0.00209. The molecule has 11 aromatic rings. The van der Waals surface area contributed by atoms with E-state index < -0.39 is 5.97 Å². The van der Waals surface area contributed by atoms with Gasteiger partial charge in [0.2, 0.25) is 0 Å². The zero-order chi connectivity index (χ0) is 90.0. The molecule has 0 bridgehead atoms. The van der Waals surface area contributed by atoms with Crippen molar-refractivity contribution in [3.8, 4) is 51.7 Å². The molecule has 6 atom stereocenters. The molecule has 29 nitrogen and oxygen atoms in total. The minimum Gasteiger partial charge on any atom is -0.496 e. The van der Waals surface area contributed by atoms with Crippen LogP contribution >= 0.6 is 0 Å². The minimum atomic E-state index is -0.430. The quantitative estimate of drug-likeness (QED) is 0.0236. The van der Waals surface area contributed by atoms with Gasteiger partial charge in [-0.25, -0.2) is 9.48 Å². The molecule has 3 aliphatic heterocycles. The molecule has 694 valence electrons. The van der Waals surface area contributed by atoms with Crippen molar-refractivity contribution >= 4 is 5.97 Å². The lowest BCUT2D eigenvalue weighted by Gasteiger charge is -2.32. The second kappa shape index (κ2) is 56.1. The van der Waals surface area contributed by atoms with Crippen molar-refractivity contribution in [1.82, 2.24) is 56.4 Å². The van der Waals surface area contributed by atoms with E-state index in [1.807, 2.05) is 133 Å². The molecule has 0 unspecified atom stereocenters. The van der Waals surface area contributed by atoms with Gasteiger partial charge in [-0.15, -0.1) is 15.3 Å². The van der Waals surface area contributed by atoms with Crippen LogP contribution in [0.25, 0.3) is 0 Å². The molecule has 2 aromatic heterocycles. The van der Waals surface area contributed by atoms with E-state index in [0.29, 0.717) is 142 Å². The molecule has 5 heterocycles. The van der Waals surface area contributed by atoms with E-state index in [0.717, 1.165) is 176 Å². The molecule has 3 fully saturated rings. The Morgan fingerprint density at radius 3 is 1.20 bits per heavy atom. The van der Waals surface area contributed by atoms with Crippen molar-refractivity contribution in [3.05, 3.63) is 281 Å². The second-order valence-corrected chi connectivity index (χ2v) is 31.4. The van der Waals surface area contributed by atoms with E-state index in [1.54, 1.807) is 50.3 Å². The highest BCUT2D eigenvalue weighted by atomic mass is 16.6. The van der Waals surface area contributed by atoms with E-state index in [-0.39, 0.29) is 24.2 Å². The molecule has 3 saturated heterocycles. The first-order valence-corrected chi connectivity index (χ1v) is 45.1. The number of hydrogen-bond acceptors (Lipinski definition) is 27. The molecule has 29 heteroatoms. The molecule has 0 spiro atoms. The number of para-hydroxylation sites is 5. The fraction of sp³-hybridized carbons (Fsp3) is 0.436. The van der Waals surface area contributed by atoms with E-state index in [1.165, 1.54) is 30.1 Å². The number of nitrogens with zero attached hydrogens (tertiary/aromatic N) is 8. The number of rotatable bonds is 52. The number of tetrazole rings is 2. The molecule has 9 aromatic carbocycles. The number of benzene rings is 9. The normalized spacial score (nSPS) is 16.5.